The van der Waals surface area contributed by atoms with Crippen molar-refractivity contribution in [3.05, 3.63) is 23.1 Å². The van der Waals surface area contributed by atoms with Gasteiger partial charge in [0.05, 0.1) is 12.7 Å². The first-order chi connectivity index (χ1) is 5.24. The third kappa shape index (κ3) is 3.01. The van der Waals surface area contributed by atoms with E-state index < -0.39 is 6.67 Å². The number of hydrogen-bond acceptors (Lipinski definition) is 2. The van der Waals surface area contributed by atoms with Crippen LogP contribution < -0.4 is 5.73 Å². The molecule has 0 radical (unpaired) electrons. The Morgan fingerprint density at radius 1 is 1.58 bits per heavy atom. The van der Waals surface area contributed by atoms with Gasteiger partial charge < -0.3 is 10.2 Å². The summed E-state index contributed by atoms with van der Waals surface area (Å²) >= 11 is 5.49. The van der Waals surface area contributed by atoms with Crippen LogP contribution in [0.4, 0.5) is 4.39 Å². The van der Waals surface area contributed by atoms with Gasteiger partial charge in [0.25, 0.3) is 0 Å². The molecule has 0 fully saturated rings. The van der Waals surface area contributed by atoms with E-state index >= 15 is 0 Å². The Bertz CT molecular complexity index is 229. The van der Waals surface area contributed by atoms with Gasteiger partial charge in [-0.25, -0.2) is 0 Å². The standard InChI is InChI=1S/C7H9ClFNO.ClH/c8-7-2-1-6(11-7)5(10)3-4-9;/h1-2,5H,3-4,10H2;1H/t5-;/m1./s1. The molecule has 70 valence electrons. The van der Waals surface area contributed by atoms with E-state index in [0.717, 1.165) is 0 Å². The first-order valence-corrected chi connectivity index (χ1v) is 3.68. The highest BCUT2D eigenvalue weighted by Crippen LogP contribution is 2.20. The van der Waals surface area contributed by atoms with Gasteiger partial charge in [-0.1, -0.05) is 0 Å². The first-order valence-electron chi connectivity index (χ1n) is 3.31. The maximum absolute atomic E-state index is 11.8. The molecule has 1 rings (SSSR count). The molecular formula is C7H10Cl2FNO. The highest BCUT2D eigenvalue weighted by Gasteiger charge is 2.09. The second kappa shape index (κ2) is 5.41. The van der Waals surface area contributed by atoms with Crippen molar-refractivity contribution in [2.45, 2.75) is 12.5 Å². The lowest BCUT2D eigenvalue weighted by Gasteiger charge is -2.03. The van der Waals surface area contributed by atoms with E-state index in [1.54, 1.807) is 12.1 Å². The normalized spacial score (nSPS) is 12.2. The van der Waals surface area contributed by atoms with Gasteiger partial charge in [-0.15, -0.1) is 12.4 Å². The van der Waals surface area contributed by atoms with Gasteiger partial charge in [0.2, 0.25) is 0 Å². The number of hydrogen-bond donors (Lipinski definition) is 1. The van der Waals surface area contributed by atoms with E-state index in [-0.39, 0.29) is 30.1 Å². The monoisotopic (exact) mass is 213 g/mol. The molecular weight excluding hydrogens is 204 g/mol. The Labute approximate surface area is 81.3 Å². The summed E-state index contributed by atoms with van der Waals surface area (Å²) in [5.74, 6) is 0.535. The molecule has 0 aliphatic carbocycles. The molecule has 0 aliphatic rings. The van der Waals surface area contributed by atoms with E-state index in [9.17, 15) is 4.39 Å². The quantitative estimate of drug-likeness (QED) is 0.839. The molecule has 2 nitrogen and oxygen atoms in total. The lowest BCUT2D eigenvalue weighted by Crippen LogP contribution is -2.09. The molecule has 1 aromatic heterocycles. The van der Waals surface area contributed by atoms with E-state index in [4.69, 9.17) is 21.8 Å². The second-order valence-corrected chi connectivity index (χ2v) is 2.60. The molecule has 5 heteroatoms. The molecule has 1 atom stereocenters. The molecule has 0 amide bonds. The smallest absolute Gasteiger partial charge is 0.193 e. The zero-order valence-electron chi connectivity index (χ0n) is 6.30. The third-order valence-electron chi connectivity index (χ3n) is 1.38. The van der Waals surface area contributed by atoms with Crippen molar-refractivity contribution in [1.82, 2.24) is 0 Å². The van der Waals surface area contributed by atoms with Gasteiger partial charge in [-0.2, -0.15) is 0 Å². The van der Waals surface area contributed by atoms with Crippen LogP contribution in [0.5, 0.6) is 0 Å². The summed E-state index contributed by atoms with van der Waals surface area (Å²) < 4.78 is 16.8. The molecule has 1 heterocycles. The summed E-state index contributed by atoms with van der Waals surface area (Å²) in [7, 11) is 0. The average Bonchev–Trinajstić information content (AvgIpc) is 2.36. The van der Waals surface area contributed by atoms with E-state index in [1.165, 1.54) is 0 Å². The number of rotatable bonds is 3. The van der Waals surface area contributed by atoms with Crippen LogP contribution in [-0.4, -0.2) is 6.67 Å². The van der Waals surface area contributed by atoms with Crippen LogP contribution in [0.15, 0.2) is 16.5 Å². The molecule has 0 spiro atoms. The van der Waals surface area contributed by atoms with E-state index in [0.29, 0.717) is 5.76 Å². The minimum absolute atomic E-state index is 0. The predicted molar refractivity (Wildman–Crippen MR) is 48.5 cm³/mol. The van der Waals surface area contributed by atoms with Gasteiger partial charge in [0, 0.05) is 0 Å². The Morgan fingerprint density at radius 3 is 2.67 bits per heavy atom. The summed E-state index contributed by atoms with van der Waals surface area (Å²) in [5, 5.41) is 0.286. The molecule has 1 aromatic rings. The molecule has 0 aromatic carbocycles. The zero-order valence-corrected chi connectivity index (χ0v) is 7.87. The zero-order chi connectivity index (χ0) is 8.27. The molecule has 0 unspecified atom stereocenters. The fourth-order valence-electron chi connectivity index (χ4n) is 0.787. The van der Waals surface area contributed by atoms with Crippen molar-refractivity contribution < 1.29 is 8.81 Å². The number of halogens is 3. The van der Waals surface area contributed by atoms with Crippen LogP contribution in [0, 0.1) is 0 Å². The van der Waals surface area contributed by atoms with Crippen molar-refractivity contribution in [3.8, 4) is 0 Å². The fourth-order valence-corrected chi connectivity index (χ4v) is 0.939. The van der Waals surface area contributed by atoms with Gasteiger partial charge in [-0.05, 0) is 30.2 Å². The van der Waals surface area contributed by atoms with Crippen LogP contribution in [0.25, 0.3) is 0 Å². The Balaban J connectivity index is 0.00000121. The van der Waals surface area contributed by atoms with Crippen molar-refractivity contribution in [1.29, 1.82) is 0 Å². The maximum Gasteiger partial charge on any atom is 0.193 e. The number of nitrogens with two attached hydrogens (primary N) is 1. The van der Waals surface area contributed by atoms with Crippen LogP contribution in [0.3, 0.4) is 0 Å². The number of furan rings is 1. The summed E-state index contributed by atoms with van der Waals surface area (Å²) in [6, 6.07) is 2.87. The minimum atomic E-state index is -0.445. The Morgan fingerprint density at radius 2 is 2.25 bits per heavy atom. The van der Waals surface area contributed by atoms with E-state index in [2.05, 4.69) is 0 Å². The van der Waals surface area contributed by atoms with Crippen molar-refractivity contribution >= 4 is 24.0 Å². The fraction of sp³-hybridized carbons (Fsp3) is 0.429. The lowest BCUT2D eigenvalue weighted by atomic mass is 10.2. The summed E-state index contributed by atoms with van der Waals surface area (Å²) in [5.41, 5.74) is 5.53. The number of alkyl halides is 1. The van der Waals surface area contributed by atoms with Gasteiger partial charge in [0.1, 0.15) is 5.76 Å². The highest BCUT2D eigenvalue weighted by molar-refractivity contribution is 6.28. The predicted octanol–water partition coefficient (Wildman–Crippen LogP) is 2.71. The second-order valence-electron chi connectivity index (χ2n) is 2.23. The molecule has 0 saturated heterocycles. The maximum atomic E-state index is 11.8. The van der Waals surface area contributed by atoms with Crippen molar-refractivity contribution in [3.63, 3.8) is 0 Å². The molecule has 0 saturated carbocycles. The van der Waals surface area contributed by atoms with Crippen LogP contribution in [0.2, 0.25) is 5.22 Å². The Kier molecular flexibility index (Phi) is 5.29. The largest absolute Gasteiger partial charge is 0.448 e. The summed E-state index contributed by atoms with van der Waals surface area (Å²) in [6.07, 6.45) is 0.268. The van der Waals surface area contributed by atoms with Gasteiger partial charge >= 0.3 is 0 Å². The summed E-state index contributed by atoms with van der Waals surface area (Å²) in [4.78, 5) is 0. The third-order valence-corrected chi connectivity index (χ3v) is 1.58. The van der Waals surface area contributed by atoms with Gasteiger partial charge in [-0.3, -0.25) is 4.39 Å². The average molecular weight is 214 g/mol. The molecule has 12 heavy (non-hydrogen) atoms. The molecule has 0 aliphatic heterocycles. The summed E-state index contributed by atoms with van der Waals surface area (Å²) in [6.45, 7) is -0.445. The molecule has 2 N–H and O–H groups in total. The molecule has 0 bridgehead atoms. The highest BCUT2D eigenvalue weighted by atomic mass is 35.5. The van der Waals surface area contributed by atoms with Crippen molar-refractivity contribution in [2.75, 3.05) is 6.67 Å². The first kappa shape index (κ1) is 11.8. The lowest BCUT2D eigenvalue weighted by molar-refractivity contribution is 0.397. The van der Waals surface area contributed by atoms with Crippen LogP contribution in [0.1, 0.15) is 18.2 Å². The Hall–Kier alpha value is -0.250. The van der Waals surface area contributed by atoms with Gasteiger partial charge in [0.15, 0.2) is 5.22 Å². The minimum Gasteiger partial charge on any atom is -0.448 e. The SMILES string of the molecule is Cl.N[C@H](CCF)c1ccc(Cl)o1. The van der Waals surface area contributed by atoms with Crippen molar-refractivity contribution in [2.24, 2.45) is 5.73 Å². The van der Waals surface area contributed by atoms with Crippen LogP contribution >= 0.6 is 24.0 Å². The van der Waals surface area contributed by atoms with E-state index in [1.807, 2.05) is 0 Å². The van der Waals surface area contributed by atoms with Crippen LogP contribution in [-0.2, 0) is 0 Å². The topological polar surface area (TPSA) is 39.2 Å².